The number of amides is 1. The Kier molecular flexibility index (Phi) is 6.75. The number of thiophene rings is 1. The van der Waals surface area contributed by atoms with Gasteiger partial charge in [-0.25, -0.2) is 4.98 Å². The summed E-state index contributed by atoms with van der Waals surface area (Å²) in [5.41, 5.74) is 0. The molecule has 1 atom stereocenters. The maximum absolute atomic E-state index is 13.3. The number of fused-ring (bicyclic) bond motifs is 2. The highest BCUT2D eigenvalue weighted by Crippen LogP contribution is 2.36. The number of nitrogens with zero attached hydrogens (tertiary/aromatic N) is 7. The number of aryl methyl sites for hydroxylation is 1. The van der Waals surface area contributed by atoms with E-state index in [2.05, 4.69) is 33.4 Å². The fourth-order valence-electron chi connectivity index (χ4n) is 4.83. The van der Waals surface area contributed by atoms with Crippen molar-refractivity contribution in [2.24, 2.45) is 0 Å². The van der Waals surface area contributed by atoms with Crippen molar-refractivity contribution in [2.45, 2.75) is 71.3 Å². The van der Waals surface area contributed by atoms with Crippen molar-refractivity contribution in [1.29, 1.82) is 0 Å². The highest BCUT2D eigenvalue weighted by Gasteiger charge is 2.40. The number of aromatic nitrogens is 5. The summed E-state index contributed by atoms with van der Waals surface area (Å²) in [5, 5.41) is 11.2. The normalized spacial score (nSPS) is 18.2. The highest BCUT2D eigenvalue weighted by atomic mass is 32.1. The summed E-state index contributed by atoms with van der Waals surface area (Å²) in [7, 11) is 0. The molecule has 0 aromatic carbocycles. The van der Waals surface area contributed by atoms with E-state index in [9.17, 15) is 18.0 Å². The molecule has 1 amide bonds. The zero-order valence-corrected chi connectivity index (χ0v) is 21.1. The molecular formula is C23H29F3N8OS. The van der Waals surface area contributed by atoms with Crippen LogP contribution >= 0.6 is 11.3 Å². The van der Waals surface area contributed by atoms with Crippen LogP contribution in [0.25, 0.3) is 10.2 Å². The Hall–Kier alpha value is -2.96. The van der Waals surface area contributed by atoms with Crippen molar-refractivity contribution in [3.63, 3.8) is 0 Å². The number of carbonyl (C=O) groups is 1. The Morgan fingerprint density at radius 2 is 1.97 bits per heavy atom. The Bertz CT molecular complexity index is 1260. The van der Waals surface area contributed by atoms with Crippen LogP contribution < -0.4 is 15.1 Å². The van der Waals surface area contributed by atoms with Gasteiger partial charge < -0.3 is 19.7 Å². The molecule has 0 radical (unpaired) electrons. The van der Waals surface area contributed by atoms with Gasteiger partial charge in [-0.15, -0.1) is 21.5 Å². The van der Waals surface area contributed by atoms with E-state index in [1.807, 2.05) is 11.8 Å². The van der Waals surface area contributed by atoms with Gasteiger partial charge in [0, 0.05) is 43.5 Å². The number of anilines is 2. The molecule has 0 spiro atoms. The average Bonchev–Trinajstić information content (AvgIpc) is 3.55. The zero-order valence-electron chi connectivity index (χ0n) is 20.3. The van der Waals surface area contributed by atoms with Gasteiger partial charge >= 0.3 is 6.18 Å². The van der Waals surface area contributed by atoms with Gasteiger partial charge in [-0.2, -0.15) is 18.2 Å². The van der Waals surface area contributed by atoms with Crippen LogP contribution in [-0.4, -0.2) is 56.3 Å². The van der Waals surface area contributed by atoms with E-state index in [1.54, 1.807) is 11.3 Å². The summed E-state index contributed by atoms with van der Waals surface area (Å²) in [6, 6.07) is 2.14. The number of alkyl halides is 3. The van der Waals surface area contributed by atoms with Crippen molar-refractivity contribution in [3.05, 3.63) is 22.6 Å². The van der Waals surface area contributed by atoms with Crippen molar-refractivity contribution in [1.82, 2.24) is 30.0 Å². The summed E-state index contributed by atoms with van der Waals surface area (Å²) in [6.07, 6.45) is -0.490. The lowest BCUT2D eigenvalue weighted by atomic mass is 10.2. The van der Waals surface area contributed by atoms with Crippen LogP contribution in [0, 0.1) is 0 Å². The molecule has 9 nitrogen and oxygen atoms in total. The standard InChI is InChI=1S/C23H29F3N8OS/c1-3-5-15-11-16-19(32-9-10-34-17(13-32)30-31-21(34)23(24,25)26)28-22(29-20(16)36-15)33-8-7-14(12-33)27-18(35)6-4-2/h11,14H,3-10,12-13H2,1-2H3,(H,27,35)/t14-/m0/s1. The van der Waals surface area contributed by atoms with Crippen LogP contribution in [0.3, 0.4) is 0 Å². The summed E-state index contributed by atoms with van der Waals surface area (Å²) in [5.74, 6) is 0.650. The van der Waals surface area contributed by atoms with Crippen LogP contribution in [0.15, 0.2) is 6.07 Å². The van der Waals surface area contributed by atoms with E-state index in [0.717, 1.165) is 47.0 Å². The van der Waals surface area contributed by atoms with E-state index in [4.69, 9.17) is 9.97 Å². The molecule has 0 saturated carbocycles. The lowest BCUT2D eigenvalue weighted by molar-refractivity contribution is -0.147. The van der Waals surface area contributed by atoms with Gasteiger partial charge in [-0.1, -0.05) is 20.3 Å². The molecule has 2 aliphatic rings. The Labute approximate surface area is 210 Å². The topological polar surface area (TPSA) is 92.1 Å². The van der Waals surface area contributed by atoms with Gasteiger partial charge in [0.15, 0.2) is 5.82 Å². The van der Waals surface area contributed by atoms with E-state index >= 15 is 0 Å². The average molecular weight is 523 g/mol. The first-order chi connectivity index (χ1) is 17.3. The lowest BCUT2D eigenvalue weighted by Crippen LogP contribution is -2.38. The number of hydrogen-bond donors (Lipinski definition) is 1. The third-order valence-electron chi connectivity index (χ3n) is 6.53. The molecule has 194 valence electrons. The van der Waals surface area contributed by atoms with Gasteiger partial charge in [-0.05, 0) is 25.3 Å². The molecule has 2 aliphatic heterocycles. The van der Waals surface area contributed by atoms with Crippen molar-refractivity contribution >= 4 is 39.2 Å². The van der Waals surface area contributed by atoms with E-state index in [0.29, 0.717) is 31.3 Å². The Morgan fingerprint density at radius 3 is 2.72 bits per heavy atom. The second-order valence-electron chi connectivity index (χ2n) is 9.29. The van der Waals surface area contributed by atoms with Gasteiger partial charge in [0.05, 0.1) is 11.9 Å². The van der Waals surface area contributed by atoms with Crippen molar-refractivity contribution in [2.75, 3.05) is 29.4 Å². The maximum atomic E-state index is 13.3. The molecular weight excluding hydrogens is 493 g/mol. The van der Waals surface area contributed by atoms with Gasteiger partial charge in [-0.3, -0.25) is 4.79 Å². The minimum absolute atomic E-state index is 0.0418. The number of carbonyl (C=O) groups excluding carboxylic acids is 1. The molecule has 5 heterocycles. The van der Waals surface area contributed by atoms with Crippen LogP contribution in [0.2, 0.25) is 0 Å². The van der Waals surface area contributed by atoms with Crippen LogP contribution in [0.1, 0.15) is 56.1 Å². The molecule has 0 unspecified atom stereocenters. The molecule has 3 aromatic heterocycles. The first kappa shape index (κ1) is 24.7. The lowest BCUT2D eigenvalue weighted by Gasteiger charge is -2.30. The Balaban J connectivity index is 1.45. The molecule has 3 aromatic rings. The molecule has 0 aliphatic carbocycles. The molecule has 1 N–H and O–H groups in total. The molecule has 1 saturated heterocycles. The van der Waals surface area contributed by atoms with Gasteiger partial charge in [0.2, 0.25) is 17.7 Å². The summed E-state index contributed by atoms with van der Waals surface area (Å²) in [6.45, 7) is 6.10. The Morgan fingerprint density at radius 1 is 1.14 bits per heavy atom. The third-order valence-corrected chi connectivity index (χ3v) is 7.62. The van der Waals surface area contributed by atoms with Gasteiger partial charge in [0.1, 0.15) is 10.6 Å². The number of halogens is 3. The second kappa shape index (κ2) is 9.83. The minimum Gasteiger partial charge on any atom is -0.352 e. The molecule has 36 heavy (non-hydrogen) atoms. The monoisotopic (exact) mass is 522 g/mol. The molecule has 0 bridgehead atoms. The van der Waals surface area contributed by atoms with Gasteiger partial charge in [0.25, 0.3) is 0 Å². The smallest absolute Gasteiger partial charge is 0.352 e. The molecule has 1 fully saturated rings. The van der Waals surface area contributed by atoms with E-state index in [1.165, 1.54) is 4.88 Å². The van der Waals surface area contributed by atoms with E-state index in [-0.39, 0.29) is 30.9 Å². The summed E-state index contributed by atoms with van der Waals surface area (Å²) >= 11 is 1.63. The summed E-state index contributed by atoms with van der Waals surface area (Å²) < 4.78 is 41.1. The maximum Gasteiger partial charge on any atom is 0.451 e. The first-order valence-electron chi connectivity index (χ1n) is 12.4. The van der Waals surface area contributed by atoms with Crippen molar-refractivity contribution in [3.8, 4) is 0 Å². The predicted octanol–water partition coefficient (Wildman–Crippen LogP) is 3.77. The first-order valence-corrected chi connectivity index (χ1v) is 13.2. The summed E-state index contributed by atoms with van der Waals surface area (Å²) in [4.78, 5) is 27.9. The van der Waals surface area contributed by atoms with Crippen LogP contribution in [0.5, 0.6) is 0 Å². The fraction of sp³-hybridized carbons (Fsp3) is 0.609. The predicted molar refractivity (Wildman–Crippen MR) is 131 cm³/mol. The second-order valence-corrected chi connectivity index (χ2v) is 10.4. The largest absolute Gasteiger partial charge is 0.451 e. The highest BCUT2D eigenvalue weighted by molar-refractivity contribution is 7.18. The van der Waals surface area contributed by atoms with Crippen LogP contribution in [0.4, 0.5) is 24.9 Å². The van der Waals surface area contributed by atoms with E-state index < -0.39 is 12.0 Å². The zero-order chi connectivity index (χ0) is 25.4. The number of rotatable bonds is 7. The minimum atomic E-state index is -4.54. The molecule has 13 heteroatoms. The SMILES string of the molecule is CCCC(=O)N[C@H]1CCN(c2nc(N3CCn4c(nnc4C(F)(F)F)C3)c3cc(CCC)sc3n2)C1. The third kappa shape index (κ3) is 4.84. The number of nitrogens with one attached hydrogen (secondary N) is 1. The fourth-order valence-corrected chi connectivity index (χ4v) is 5.95. The van der Waals surface area contributed by atoms with Crippen LogP contribution in [-0.2, 0) is 30.5 Å². The number of hydrogen-bond acceptors (Lipinski definition) is 8. The quantitative estimate of drug-likeness (QED) is 0.505. The van der Waals surface area contributed by atoms with Crippen molar-refractivity contribution < 1.29 is 18.0 Å². The molecule has 5 rings (SSSR count).